The summed E-state index contributed by atoms with van der Waals surface area (Å²) in [4.78, 5) is 12.0. The second-order valence-corrected chi connectivity index (χ2v) is 4.80. The normalized spacial score (nSPS) is 27.2. The van der Waals surface area contributed by atoms with Crippen molar-refractivity contribution in [1.29, 1.82) is 0 Å². The Hall–Kier alpha value is -1.62. The molecule has 18 heavy (non-hydrogen) atoms. The molecule has 0 aromatic heterocycles. The molecule has 1 heterocycles. The van der Waals surface area contributed by atoms with Crippen molar-refractivity contribution in [2.24, 2.45) is 0 Å². The van der Waals surface area contributed by atoms with E-state index in [1.54, 1.807) is 0 Å². The third-order valence-corrected chi connectivity index (χ3v) is 3.49. The summed E-state index contributed by atoms with van der Waals surface area (Å²) in [7, 11) is 0. The number of hydrogen-bond donors (Lipinski definition) is 2. The summed E-state index contributed by atoms with van der Waals surface area (Å²) >= 11 is 0. The molecule has 5 heteroatoms. The Labute approximate surface area is 105 Å². The first-order valence-corrected chi connectivity index (χ1v) is 5.85. The number of carbonyl (C=O) groups excluding carboxylic acids is 1. The Kier molecular flexibility index (Phi) is 3.26. The number of amides is 1. The van der Waals surface area contributed by atoms with Crippen LogP contribution in [0.3, 0.4) is 0 Å². The number of benzene rings is 1. The molecular weight excluding hydrogens is 237 g/mol. The number of ether oxygens (including phenoxy) is 1. The number of halogens is 1. The maximum atomic E-state index is 12.8. The van der Waals surface area contributed by atoms with E-state index in [1.807, 2.05) is 13.8 Å². The van der Waals surface area contributed by atoms with Crippen LogP contribution in [0.1, 0.15) is 30.6 Å². The molecule has 4 nitrogen and oxygen atoms in total. The van der Waals surface area contributed by atoms with Gasteiger partial charge >= 0.3 is 0 Å². The molecule has 2 N–H and O–H groups in total. The van der Waals surface area contributed by atoms with Crippen molar-refractivity contribution in [3.8, 4) is 5.75 Å². The van der Waals surface area contributed by atoms with Gasteiger partial charge in [0.15, 0.2) is 0 Å². The minimum Gasteiger partial charge on any atom is -0.507 e. The van der Waals surface area contributed by atoms with Crippen molar-refractivity contribution in [3.63, 3.8) is 0 Å². The summed E-state index contributed by atoms with van der Waals surface area (Å²) in [6.45, 7) is 4.37. The molecule has 1 saturated heterocycles. The minimum atomic E-state index is -0.576. The Balaban J connectivity index is 2.17. The third kappa shape index (κ3) is 2.31. The fourth-order valence-electron chi connectivity index (χ4n) is 2.02. The molecule has 0 saturated carbocycles. The van der Waals surface area contributed by atoms with Gasteiger partial charge in [0.2, 0.25) is 0 Å². The molecule has 1 aromatic rings. The first-order valence-electron chi connectivity index (χ1n) is 5.85. The number of phenols is 1. The lowest BCUT2D eigenvalue weighted by Crippen LogP contribution is -2.50. The Morgan fingerprint density at radius 1 is 1.61 bits per heavy atom. The van der Waals surface area contributed by atoms with Gasteiger partial charge in [-0.05, 0) is 32.4 Å². The van der Waals surface area contributed by atoms with Crippen molar-refractivity contribution in [2.75, 3.05) is 6.61 Å². The van der Waals surface area contributed by atoms with Gasteiger partial charge in [-0.15, -0.1) is 0 Å². The van der Waals surface area contributed by atoms with Crippen LogP contribution in [0.15, 0.2) is 18.2 Å². The van der Waals surface area contributed by atoms with Gasteiger partial charge in [0.25, 0.3) is 5.91 Å². The monoisotopic (exact) mass is 253 g/mol. The average molecular weight is 253 g/mol. The van der Waals surface area contributed by atoms with E-state index in [2.05, 4.69) is 5.32 Å². The van der Waals surface area contributed by atoms with Crippen LogP contribution in [0, 0.1) is 5.82 Å². The largest absolute Gasteiger partial charge is 0.507 e. The average Bonchev–Trinajstić information content (AvgIpc) is 2.58. The van der Waals surface area contributed by atoms with E-state index in [-0.39, 0.29) is 17.4 Å². The van der Waals surface area contributed by atoms with Crippen LogP contribution in [0.4, 0.5) is 4.39 Å². The highest BCUT2D eigenvalue weighted by Gasteiger charge is 2.38. The fourth-order valence-corrected chi connectivity index (χ4v) is 2.02. The summed E-state index contributed by atoms with van der Waals surface area (Å²) in [5.74, 6) is -1.36. The first-order chi connectivity index (χ1) is 8.42. The van der Waals surface area contributed by atoms with Gasteiger partial charge in [0.05, 0.1) is 17.2 Å². The van der Waals surface area contributed by atoms with E-state index in [0.717, 1.165) is 12.1 Å². The molecule has 1 aliphatic heterocycles. The quantitative estimate of drug-likeness (QED) is 0.845. The highest BCUT2D eigenvalue weighted by atomic mass is 19.1. The van der Waals surface area contributed by atoms with Crippen molar-refractivity contribution in [2.45, 2.75) is 31.9 Å². The van der Waals surface area contributed by atoms with Crippen LogP contribution in [0.5, 0.6) is 5.75 Å². The Morgan fingerprint density at radius 2 is 2.33 bits per heavy atom. The van der Waals surface area contributed by atoms with Gasteiger partial charge in [0.1, 0.15) is 11.6 Å². The van der Waals surface area contributed by atoms with Crippen LogP contribution in [0.25, 0.3) is 0 Å². The molecular formula is C13H16FNO3. The predicted molar refractivity (Wildman–Crippen MR) is 64.0 cm³/mol. The molecule has 2 rings (SSSR count). The number of aromatic hydroxyl groups is 1. The number of rotatable bonds is 2. The molecule has 2 atom stereocenters. The van der Waals surface area contributed by atoms with E-state index in [4.69, 9.17) is 4.74 Å². The van der Waals surface area contributed by atoms with Crippen molar-refractivity contribution in [3.05, 3.63) is 29.6 Å². The maximum Gasteiger partial charge on any atom is 0.255 e. The van der Waals surface area contributed by atoms with E-state index >= 15 is 0 Å². The lowest BCUT2D eigenvalue weighted by Gasteiger charge is -2.29. The van der Waals surface area contributed by atoms with Crippen LogP contribution in [-0.2, 0) is 4.74 Å². The second-order valence-electron chi connectivity index (χ2n) is 4.80. The minimum absolute atomic E-state index is 0.0664. The molecule has 98 valence electrons. The highest BCUT2D eigenvalue weighted by Crippen LogP contribution is 2.26. The van der Waals surface area contributed by atoms with Crippen LogP contribution in [0.2, 0.25) is 0 Å². The maximum absolute atomic E-state index is 12.8. The number of phenolic OH excluding ortho intramolecular Hbond substituents is 1. The zero-order valence-electron chi connectivity index (χ0n) is 10.4. The summed E-state index contributed by atoms with van der Waals surface area (Å²) < 4.78 is 18.3. The zero-order valence-corrected chi connectivity index (χ0v) is 10.4. The number of hydrogen-bond acceptors (Lipinski definition) is 3. The topological polar surface area (TPSA) is 58.6 Å². The molecule has 2 unspecified atom stereocenters. The lowest BCUT2D eigenvalue weighted by atomic mass is 9.94. The van der Waals surface area contributed by atoms with E-state index < -0.39 is 17.3 Å². The summed E-state index contributed by atoms with van der Waals surface area (Å²) in [5.41, 5.74) is -0.394. The zero-order chi connectivity index (χ0) is 13.3. The van der Waals surface area contributed by atoms with E-state index in [1.165, 1.54) is 6.07 Å². The Bertz CT molecular complexity index is 477. The fraction of sp³-hybridized carbons (Fsp3) is 0.462. The van der Waals surface area contributed by atoms with Crippen molar-refractivity contribution in [1.82, 2.24) is 5.32 Å². The SMILES string of the molecule is CC1OCCC1(C)NC(=O)c1ccc(F)cc1O. The van der Waals surface area contributed by atoms with Crippen molar-refractivity contribution >= 4 is 5.91 Å². The molecule has 1 aromatic carbocycles. The van der Waals surface area contributed by atoms with E-state index in [9.17, 15) is 14.3 Å². The molecule has 0 bridgehead atoms. The number of carbonyl (C=O) groups is 1. The Morgan fingerprint density at radius 3 is 2.89 bits per heavy atom. The van der Waals surface area contributed by atoms with Crippen LogP contribution < -0.4 is 5.32 Å². The van der Waals surface area contributed by atoms with Gasteiger partial charge in [-0.25, -0.2) is 4.39 Å². The molecule has 1 aliphatic rings. The van der Waals surface area contributed by atoms with Crippen molar-refractivity contribution < 1.29 is 19.0 Å². The summed E-state index contributed by atoms with van der Waals surface area (Å²) in [5, 5.41) is 12.4. The van der Waals surface area contributed by atoms with Gasteiger partial charge in [-0.1, -0.05) is 0 Å². The summed E-state index contributed by atoms with van der Waals surface area (Å²) in [6, 6.07) is 3.33. The molecule has 1 fully saturated rings. The smallest absolute Gasteiger partial charge is 0.255 e. The van der Waals surface area contributed by atoms with Crippen LogP contribution >= 0.6 is 0 Å². The molecule has 0 radical (unpaired) electrons. The standard InChI is InChI=1S/C13H16FNO3/c1-8-13(2,5-6-18-8)15-12(17)10-4-3-9(14)7-11(10)16/h3-4,7-8,16H,5-6H2,1-2H3,(H,15,17). The van der Waals surface area contributed by atoms with Gasteiger partial charge in [-0.3, -0.25) is 4.79 Å². The van der Waals surface area contributed by atoms with Gasteiger partial charge < -0.3 is 15.2 Å². The number of nitrogens with one attached hydrogen (secondary N) is 1. The van der Waals surface area contributed by atoms with E-state index in [0.29, 0.717) is 13.0 Å². The molecule has 0 aliphatic carbocycles. The van der Waals surface area contributed by atoms with Gasteiger partial charge in [-0.2, -0.15) is 0 Å². The molecule has 1 amide bonds. The van der Waals surface area contributed by atoms with Gasteiger partial charge in [0, 0.05) is 12.7 Å². The predicted octanol–water partition coefficient (Wildman–Crippen LogP) is 1.83. The first kappa shape index (κ1) is 12.8. The molecule has 0 spiro atoms. The second kappa shape index (κ2) is 4.57. The van der Waals surface area contributed by atoms with Crippen LogP contribution in [-0.4, -0.2) is 29.3 Å². The third-order valence-electron chi connectivity index (χ3n) is 3.49. The summed E-state index contributed by atoms with van der Waals surface area (Å²) in [6.07, 6.45) is 0.617. The highest BCUT2D eigenvalue weighted by molar-refractivity contribution is 5.97. The lowest BCUT2D eigenvalue weighted by molar-refractivity contribution is 0.0725.